The van der Waals surface area contributed by atoms with Gasteiger partial charge < -0.3 is 15.0 Å². The maximum Gasteiger partial charge on any atom is 0.324 e. The summed E-state index contributed by atoms with van der Waals surface area (Å²) in [6, 6.07) is 10.6. The lowest BCUT2D eigenvalue weighted by atomic mass is 10.1. The second kappa shape index (κ2) is 6.46. The summed E-state index contributed by atoms with van der Waals surface area (Å²) in [5, 5.41) is 16.0. The van der Waals surface area contributed by atoms with E-state index in [1.165, 1.54) is 0 Å². The summed E-state index contributed by atoms with van der Waals surface area (Å²) in [6.07, 6.45) is -0.909. The van der Waals surface area contributed by atoms with Gasteiger partial charge in [-0.15, -0.1) is 0 Å². The molecule has 1 aromatic heterocycles. The highest BCUT2D eigenvalue weighted by molar-refractivity contribution is 6.33. The Morgan fingerprint density at radius 3 is 2.08 bits per heavy atom. The van der Waals surface area contributed by atoms with E-state index in [9.17, 15) is 14.7 Å². The molecule has 1 unspecified atom stereocenters. The standard InChI is InChI=1S/C18H15Cl2N3O3/c19-10-1-3-15-13(5-10)14-6-11(20)2-4-16(14)22(15)8-12(24)9-23-17(25)7-21-18(23)26/h1-6,12,24H,7-9H2,(H,21,26). The summed E-state index contributed by atoms with van der Waals surface area (Å²) in [5.41, 5.74) is 1.78. The molecule has 0 radical (unpaired) electrons. The largest absolute Gasteiger partial charge is 0.389 e. The van der Waals surface area contributed by atoms with Crippen LogP contribution in [-0.4, -0.2) is 45.7 Å². The molecule has 1 aliphatic rings. The van der Waals surface area contributed by atoms with E-state index in [1.54, 1.807) is 12.1 Å². The number of amides is 3. The van der Waals surface area contributed by atoms with Gasteiger partial charge in [-0.3, -0.25) is 9.69 Å². The summed E-state index contributed by atoms with van der Waals surface area (Å²) >= 11 is 12.3. The van der Waals surface area contributed by atoms with Crippen LogP contribution in [-0.2, 0) is 11.3 Å². The molecule has 3 aromatic rings. The van der Waals surface area contributed by atoms with E-state index >= 15 is 0 Å². The Kier molecular flexibility index (Phi) is 4.26. The predicted octanol–water partition coefficient (Wildman–Crippen LogP) is 3.01. The van der Waals surface area contributed by atoms with Gasteiger partial charge >= 0.3 is 6.03 Å². The monoisotopic (exact) mass is 391 g/mol. The third-order valence-corrected chi connectivity index (χ3v) is 4.98. The Morgan fingerprint density at radius 1 is 1.00 bits per heavy atom. The van der Waals surface area contributed by atoms with Gasteiger partial charge in [0.2, 0.25) is 5.91 Å². The number of halogens is 2. The molecule has 3 amide bonds. The average molecular weight is 392 g/mol. The fourth-order valence-corrected chi connectivity index (χ4v) is 3.71. The molecule has 0 aliphatic carbocycles. The van der Waals surface area contributed by atoms with Crippen molar-refractivity contribution >= 4 is 56.9 Å². The third-order valence-electron chi connectivity index (χ3n) is 4.51. The predicted molar refractivity (Wildman–Crippen MR) is 101 cm³/mol. The fourth-order valence-electron chi connectivity index (χ4n) is 3.36. The number of aliphatic hydroxyl groups excluding tert-OH is 1. The number of nitrogens with zero attached hydrogens (tertiary/aromatic N) is 2. The Morgan fingerprint density at radius 2 is 1.58 bits per heavy atom. The van der Waals surface area contributed by atoms with Crippen LogP contribution in [0.1, 0.15) is 0 Å². The molecule has 8 heteroatoms. The first-order valence-electron chi connectivity index (χ1n) is 8.07. The van der Waals surface area contributed by atoms with E-state index in [4.69, 9.17) is 23.2 Å². The minimum atomic E-state index is -0.909. The van der Waals surface area contributed by atoms with Crippen molar-refractivity contribution in [2.75, 3.05) is 13.1 Å². The van der Waals surface area contributed by atoms with Crippen molar-refractivity contribution in [3.8, 4) is 0 Å². The highest BCUT2D eigenvalue weighted by atomic mass is 35.5. The van der Waals surface area contributed by atoms with E-state index in [0.717, 1.165) is 26.7 Å². The van der Waals surface area contributed by atoms with Crippen LogP contribution in [0.15, 0.2) is 36.4 Å². The number of hydrogen-bond donors (Lipinski definition) is 2. The second-order valence-corrected chi connectivity index (χ2v) is 7.12. The van der Waals surface area contributed by atoms with Crippen LogP contribution < -0.4 is 5.32 Å². The molecule has 2 heterocycles. The van der Waals surface area contributed by atoms with Crippen molar-refractivity contribution in [1.29, 1.82) is 0 Å². The van der Waals surface area contributed by atoms with Crippen molar-refractivity contribution in [3.63, 3.8) is 0 Å². The minimum absolute atomic E-state index is 0.0298. The summed E-state index contributed by atoms with van der Waals surface area (Å²) < 4.78 is 1.94. The van der Waals surface area contributed by atoms with Crippen LogP contribution in [0, 0.1) is 0 Å². The number of benzene rings is 2. The van der Waals surface area contributed by atoms with Crippen molar-refractivity contribution in [1.82, 2.24) is 14.8 Å². The molecule has 0 bridgehead atoms. The molecular formula is C18H15Cl2N3O3. The van der Waals surface area contributed by atoms with Gasteiger partial charge in [-0.25, -0.2) is 4.79 Å². The topological polar surface area (TPSA) is 74.6 Å². The first-order valence-corrected chi connectivity index (χ1v) is 8.83. The number of aliphatic hydroxyl groups is 1. The lowest BCUT2D eigenvalue weighted by Gasteiger charge is -2.19. The smallest absolute Gasteiger partial charge is 0.324 e. The van der Waals surface area contributed by atoms with Crippen molar-refractivity contribution in [2.45, 2.75) is 12.6 Å². The zero-order valence-electron chi connectivity index (χ0n) is 13.6. The van der Waals surface area contributed by atoms with Crippen LogP contribution in [0.2, 0.25) is 10.0 Å². The molecular weight excluding hydrogens is 377 g/mol. The van der Waals surface area contributed by atoms with Crippen LogP contribution in [0.3, 0.4) is 0 Å². The molecule has 1 fully saturated rings. The first kappa shape index (κ1) is 17.1. The molecule has 1 aliphatic heterocycles. The summed E-state index contributed by atoms with van der Waals surface area (Å²) in [7, 11) is 0. The zero-order valence-corrected chi connectivity index (χ0v) is 15.1. The molecule has 134 valence electrons. The zero-order chi connectivity index (χ0) is 18.4. The molecule has 2 N–H and O–H groups in total. The number of rotatable bonds is 4. The molecule has 4 rings (SSSR count). The van der Waals surface area contributed by atoms with Gasteiger partial charge in [0.15, 0.2) is 0 Å². The Balaban J connectivity index is 1.73. The molecule has 1 saturated heterocycles. The second-order valence-electron chi connectivity index (χ2n) is 6.25. The number of imide groups is 1. The number of nitrogens with one attached hydrogen (secondary N) is 1. The lowest BCUT2D eigenvalue weighted by Crippen LogP contribution is -2.39. The number of fused-ring (bicyclic) bond motifs is 3. The van der Waals surface area contributed by atoms with E-state index in [2.05, 4.69) is 5.32 Å². The van der Waals surface area contributed by atoms with Gasteiger partial charge in [0, 0.05) is 31.9 Å². The summed E-state index contributed by atoms with van der Waals surface area (Å²) in [6.45, 7) is 0.130. The number of hydrogen-bond acceptors (Lipinski definition) is 3. The van der Waals surface area contributed by atoms with Gasteiger partial charge in [0.05, 0.1) is 25.7 Å². The van der Waals surface area contributed by atoms with Gasteiger partial charge in [-0.2, -0.15) is 0 Å². The molecule has 6 nitrogen and oxygen atoms in total. The number of aromatic nitrogens is 1. The maximum absolute atomic E-state index is 11.7. The first-order chi connectivity index (χ1) is 12.4. The van der Waals surface area contributed by atoms with Gasteiger partial charge in [0.1, 0.15) is 0 Å². The molecule has 1 atom stereocenters. The van der Waals surface area contributed by atoms with Gasteiger partial charge in [-0.05, 0) is 36.4 Å². The number of carbonyl (C=O) groups is 2. The van der Waals surface area contributed by atoms with Gasteiger partial charge in [0.25, 0.3) is 0 Å². The molecule has 0 spiro atoms. The van der Waals surface area contributed by atoms with E-state index in [1.807, 2.05) is 28.8 Å². The maximum atomic E-state index is 11.7. The van der Waals surface area contributed by atoms with Crippen LogP contribution in [0.4, 0.5) is 4.79 Å². The number of β-amino-alcohol motifs (C(OH)–C–C–N with tert-alkyl or cyclic N) is 1. The van der Waals surface area contributed by atoms with E-state index in [-0.39, 0.29) is 25.5 Å². The molecule has 2 aromatic carbocycles. The highest BCUT2D eigenvalue weighted by Gasteiger charge is 2.30. The highest BCUT2D eigenvalue weighted by Crippen LogP contribution is 2.33. The molecule has 0 saturated carbocycles. The van der Waals surface area contributed by atoms with E-state index in [0.29, 0.717) is 10.0 Å². The minimum Gasteiger partial charge on any atom is -0.389 e. The Bertz CT molecular complexity index is 972. The lowest BCUT2D eigenvalue weighted by molar-refractivity contribution is -0.126. The van der Waals surface area contributed by atoms with Crippen LogP contribution in [0.5, 0.6) is 0 Å². The number of carbonyl (C=O) groups excluding carboxylic acids is 2. The van der Waals surface area contributed by atoms with Gasteiger partial charge in [-0.1, -0.05) is 23.2 Å². The average Bonchev–Trinajstić information content (AvgIpc) is 3.07. The van der Waals surface area contributed by atoms with Crippen LogP contribution >= 0.6 is 23.2 Å². The van der Waals surface area contributed by atoms with Crippen LogP contribution in [0.25, 0.3) is 21.8 Å². The van der Waals surface area contributed by atoms with Crippen molar-refractivity contribution in [2.24, 2.45) is 0 Å². The fraction of sp³-hybridized carbons (Fsp3) is 0.222. The summed E-state index contributed by atoms with van der Waals surface area (Å²) in [5.74, 6) is -0.338. The Labute approximate surface area is 158 Å². The quantitative estimate of drug-likeness (QED) is 0.671. The molecule has 26 heavy (non-hydrogen) atoms. The van der Waals surface area contributed by atoms with Crippen molar-refractivity contribution < 1.29 is 14.7 Å². The summed E-state index contributed by atoms with van der Waals surface area (Å²) in [4.78, 5) is 24.4. The Hall–Kier alpha value is -2.28. The van der Waals surface area contributed by atoms with Crippen molar-refractivity contribution in [3.05, 3.63) is 46.4 Å². The van der Waals surface area contributed by atoms with E-state index < -0.39 is 12.1 Å². The third kappa shape index (κ3) is 2.90. The normalized spacial score (nSPS) is 15.9. The SMILES string of the molecule is O=C1CNC(=O)N1CC(O)Cn1c2ccc(Cl)cc2c2cc(Cl)ccc21. The number of urea groups is 1.